The lowest BCUT2D eigenvalue weighted by molar-refractivity contribution is -0.118. The summed E-state index contributed by atoms with van der Waals surface area (Å²) >= 11 is 0. The summed E-state index contributed by atoms with van der Waals surface area (Å²) < 4.78 is 11.6. The maximum absolute atomic E-state index is 11.2. The number of ether oxygens (including phenoxy) is 2. The molecule has 0 fully saturated rings. The van der Waals surface area contributed by atoms with Gasteiger partial charge in [0.1, 0.15) is 18.1 Å². The first-order valence-corrected chi connectivity index (χ1v) is 9.35. The molecular formula is C24H25NO3. The first-order chi connectivity index (χ1) is 13.7. The SMILES string of the molecule is COc1ccccc1-c1cc(OCc2ccccc2)ccc1CCNC(C)=O. The van der Waals surface area contributed by atoms with E-state index in [0.29, 0.717) is 13.2 Å². The number of amides is 1. The molecule has 4 heteroatoms. The lowest BCUT2D eigenvalue weighted by Gasteiger charge is -2.16. The Balaban J connectivity index is 1.88. The zero-order chi connectivity index (χ0) is 19.8. The van der Waals surface area contributed by atoms with E-state index in [1.54, 1.807) is 7.11 Å². The van der Waals surface area contributed by atoms with E-state index in [4.69, 9.17) is 9.47 Å². The highest BCUT2D eigenvalue weighted by atomic mass is 16.5. The number of para-hydroxylation sites is 1. The Morgan fingerprint density at radius 3 is 2.43 bits per heavy atom. The van der Waals surface area contributed by atoms with Crippen LogP contribution in [0.25, 0.3) is 11.1 Å². The van der Waals surface area contributed by atoms with Crippen LogP contribution in [-0.4, -0.2) is 19.6 Å². The van der Waals surface area contributed by atoms with Crippen molar-refractivity contribution in [3.63, 3.8) is 0 Å². The lowest BCUT2D eigenvalue weighted by atomic mass is 9.96. The van der Waals surface area contributed by atoms with Crippen molar-refractivity contribution >= 4 is 5.91 Å². The van der Waals surface area contributed by atoms with Crippen molar-refractivity contribution in [2.75, 3.05) is 13.7 Å². The van der Waals surface area contributed by atoms with Crippen LogP contribution in [0.1, 0.15) is 18.1 Å². The van der Waals surface area contributed by atoms with E-state index < -0.39 is 0 Å². The van der Waals surface area contributed by atoms with Crippen molar-refractivity contribution < 1.29 is 14.3 Å². The molecule has 0 saturated carbocycles. The number of methoxy groups -OCH3 is 1. The highest BCUT2D eigenvalue weighted by Gasteiger charge is 2.12. The molecule has 3 aromatic rings. The summed E-state index contributed by atoms with van der Waals surface area (Å²) in [5.74, 6) is 1.58. The Morgan fingerprint density at radius 2 is 1.68 bits per heavy atom. The van der Waals surface area contributed by atoms with Crippen LogP contribution in [0.5, 0.6) is 11.5 Å². The van der Waals surface area contributed by atoms with Crippen LogP contribution in [-0.2, 0) is 17.8 Å². The number of carbonyl (C=O) groups is 1. The molecule has 0 atom stereocenters. The fraction of sp³-hybridized carbons (Fsp3) is 0.208. The largest absolute Gasteiger partial charge is 0.496 e. The molecule has 0 aliphatic carbocycles. The molecule has 0 radical (unpaired) electrons. The maximum atomic E-state index is 11.2. The summed E-state index contributed by atoms with van der Waals surface area (Å²) in [5.41, 5.74) is 4.31. The number of benzene rings is 3. The molecule has 0 heterocycles. The molecule has 0 aliphatic rings. The standard InChI is InChI=1S/C24H25NO3/c1-18(26)25-15-14-20-12-13-21(28-17-19-8-4-3-5-9-19)16-23(20)22-10-6-7-11-24(22)27-2/h3-13,16H,14-15,17H2,1-2H3,(H,25,26). The summed E-state index contributed by atoms with van der Waals surface area (Å²) in [6, 6.07) is 24.1. The van der Waals surface area contributed by atoms with Crippen molar-refractivity contribution in [1.82, 2.24) is 5.32 Å². The number of nitrogens with one attached hydrogen (secondary N) is 1. The second-order valence-corrected chi connectivity index (χ2v) is 6.53. The topological polar surface area (TPSA) is 47.6 Å². The zero-order valence-corrected chi connectivity index (χ0v) is 16.3. The van der Waals surface area contributed by atoms with Crippen LogP contribution in [0.4, 0.5) is 0 Å². The van der Waals surface area contributed by atoms with Gasteiger partial charge in [-0.1, -0.05) is 54.6 Å². The van der Waals surface area contributed by atoms with E-state index in [1.807, 2.05) is 66.7 Å². The summed E-state index contributed by atoms with van der Waals surface area (Å²) in [4.78, 5) is 11.2. The molecule has 0 saturated heterocycles. The summed E-state index contributed by atoms with van der Waals surface area (Å²) in [7, 11) is 1.67. The Morgan fingerprint density at radius 1 is 0.929 bits per heavy atom. The third kappa shape index (κ3) is 5.13. The minimum absolute atomic E-state index is 0.0262. The van der Waals surface area contributed by atoms with Gasteiger partial charge in [-0.05, 0) is 41.3 Å². The minimum Gasteiger partial charge on any atom is -0.496 e. The van der Waals surface area contributed by atoms with E-state index in [0.717, 1.165) is 40.2 Å². The molecule has 0 aliphatic heterocycles. The van der Waals surface area contributed by atoms with Crippen molar-refractivity contribution in [2.45, 2.75) is 20.0 Å². The van der Waals surface area contributed by atoms with Crippen molar-refractivity contribution in [1.29, 1.82) is 0 Å². The van der Waals surface area contributed by atoms with Crippen LogP contribution < -0.4 is 14.8 Å². The van der Waals surface area contributed by atoms with Gasteiger partial charge in [-0.2, -0.15) is 0 Å². The molecular weight excluding hydrogens is 350 g/mol. The highest BCUT2D eigenvalue weighted by Crippen LogP contribution is 2.35. The lowest BCUT2D eigenvalue weighted by Crippen LogP contribution is -2.22. The molecule has 1 amide bonds. The molecule has 3 aromatic carbocycles. The summed E-state index contributed by atoms with van der Waals surface area (Å²) in [5, 5.41) is 2.86. The quantitative estimate of drug-likeness (QED) is 0.625. The average molecular weight is 375 g/mol. The third-order valence-corrected chi connectivity index (χ3v) is 4.50. The number of hydrogen-bond donors (Lipinski definition) is 1. The fourth-order valence-corrected chi connectivity index (χ4v) is 3.10. The Hall–Kier alpha value is -3.27. The first-order valence-electron chi connectivity index (χ1n) is 9.35. The van der Waals surface area contributed by atoms with Gasteiger partial charge in [0.25, 0.3) is 0 Å². The van der Waals surface area contributed by atoms with Gasteiger partial charge in [-0.15, -0.1) is 0 Å². The smallest absolute Gasteiger partial charge is 0.216 e. The second-order valence-electron chi connectivity index (χ2n) is 6.53. The molecule has 4 nitrogen and oxygen atoms in total. The van der Waals surface area contributed by atoms with Gasteiger partial charge in [0.05, 0.1) is 7.11 Å². The summed E-state index contributed by atoms with van der Waals surface area (Å²) in [6.45, 7) is 2.63. The minimum atomic E-state index is -0.0262. The van der Waals surface area contributed by atoms with Crippen molar-refractivity contribution in [2.24, 2.45) is 0 Å². The fourth-order valence-electron chi connectivity index (χ4n) is 3.10. The molecule has 144 valence electrons. The third-order valence-electron chi connectivity index (χ3n) is 4.50. The van der Waals surface area contributed by atoms with Gasteiger partial charge in [-0.25, -0.2) is 0 Å². The molecule has 1 N–H and O–H groups in total. The van der Waals surface area contributed by atoms with E-state index >= 15 is 0 Å². The van der Waals surface area contributed by atoms with Gasteiger partial charge >= 0.3 is 0 Å². The van der Waals surface area contributed by atoms with Crippen molar-refractivity contribution in [3.05, 3.63) is 83.9 Å². The van der Waals surface area contributed by atoms with Gasteiger partial charge in [0.15, 0.2) is 0 Å². The monoisotopic (exact) mass is 375 g/mol. The first kappa shape index (κ1) is 19.5. The number of rotatable bonds is 8. The van der Waals surface area contributed by atoms with Crippen molar-refractivity contribution in [3.8, 4) is 22.6 Å². The van der Waals surface area contributed by atoms with Crippen LogP contribution in [0, 0.1) is 0 Å². The van der Waals surface area contributed by atoms with Gasteiger partial charge in [0.2, 0.25) is 5.91 Å². The normalized spacial score (nSPS) is 10.4. The average Bonchev–Trinajstić information content (AvgIpc) is 2.73. The molecule has 0 bridgehead atoms. The van der Waals surface area contributed by atoms with Gasteiger partial charge < -0.3 is 14.8 Å². The van der Waals surface area contributed by atoms with Crippen LogP contribution >= 0.6 is 0 Å². The van der Waals surface area contributed by atoms with Gasteiger partial charge in [-0.3, -0.25) is 4.79 Å². The van der Waals surface area contributed by atoms with Crippen LogP contribution in [0.2, 0.25) is 0 Å². The predicted octanol–water partition coefficient (Wildman–Crippen LogP) is 4.62. The predicted molar refractivity (Wildman–Crippen MR) is 112 cm³/mol. The van der Waals surface area contributed by atoms with E-state index in [-0.39, 0.29) is 5.91 Å². The molecule has 0 spiro atoms. The van der Waals surface area contributed by atoms with E-state index in [1.165, 1.54) is 6.92 Å². The Bertz CT molecular complexity index is 922. The van der Waals surface area contributed by atoms with E-state index in [9.17, 15) is 4.79 Å². The molecule has 3 rings (SSSR count). The molecule has 28 heavy (non-hydrogen) atoms. The molecule has 0 unspecified atom stereocenters. The molecule has 0 aromatic heterocycles. The second kappa shape index (κ2) is 9.60. The Kier molecular flexibility index (Phi) is 6.68. The highest BCUT2D eigenvalue weighted by molar-refractivity contribution is 5.75. The number of carbonyl (C=O) groups excluding carboxylic acids is 1. The zero-order valence-electron chi connectivity index (χ0n) is 16.3. The number of hydrogen-bond acceptors (Lipinski definition) is 3. The van der Waals surface area contributed by atoms with Crippen LogP contribution in [0.15, 0.2) is 72.8 Å². The van der Waals surface area contributed by atoms with Gasteiger partial charge in [0, 0.05) is 19.0 Å². The van der Waals surface area contributed by atoms with Crippen LogP contribution in [0.3, 0.4) is 0 Å². The Labute approximate surface area is 166 Å². The maximum Gasteiger partial charge on any atom is 0.216 e. The summed E-state index contributed by atoms with van der Waals surface area (Å²) in [6.07, 6.45) is 0.728. The van der Waals surface area contributed by atoms with E-state index in [2.05, 4.69) is 11.4 Å².